The Morgan fingerprint density at radius 3 is 2.12 bits per heavy atom. The van der Waals surface area contributed by atoms with E-state index in [4.69, 9.17) is 0 Å². The van der Waals surface area contributed by atoms with Gasteiger partial charge < -0.3 is 5.32 Å². The smallest absolute Gasteiger partial charge is 0.244 e. The minimum absolute atomic E-state index is 0.239. The summed E-state index contributed by atoms with van der Waals surface area (Å²) in [5, 5.41) is 3.06. The number of benzene rings is 3. The van der Waals surface area contributed by atoms with E-state index >= 15 is 0 Å². The van der Waals surface area contributed by atoms with E-state index in [2.05, 4.69) is 5.32 Å². The van der Waals surface area contributed by atoms with Gasteiger partial charge in [-0.05, 0) is 54.3 Å². The number of carbonyl (C=O) groups excluding carboxylic acids is 1. The van der Waals surface area contributed by atoms with Crippen molar-refractivity contribution in [2.75, 3.05) is 10.6 Å². The summed E-state index contributed by atoms with van der Waals surface area (Å²) in [4.78, 5) is 13.5. The molecule has 3 rings (SSSR count). The predicted molar refractivity (Wildman–Crippen MR) is 125 cm³/mol. The fourth-order valence-electron chi connectivity index (χ4n) is 3.78. The summed E-state index contributed by atoms with van der Waals surface area (Å²) in [6, 6.07) is 20.9. The zero-order valence-electron chi connectivity index (χ0n) is 18.3. The highest BCUT2D eigenvalue weighted by molar-refractivity contribution is 7.92. The molecule has 1 amide bonds. The molecule has 2 atom stereocenters. The second-order valence-electron chi connectivity index (χ2n) is 7.67. The second kappa shape index (κ2) is 9.96. The maximum atomic E-state index is 13.5. The number of nitrogens with one attached hydrogen (secondary N) is 1. The molecule has 5 nitrogen and oxygen atoms in total. The van der Waals surface area contributed by atoms with Crippen molar-refractivity contribution in [1.29, 1.82) is 0 Å². The van der Waals surface area contributed by atoms with Crippen LogP contribution in [0.3, 0.4) is 0 Å². The zero-order chi connectivity index (χ0) is 23.3. The SMILES string of the molecule is CC[C@@H](C(=O)N[C@H](c1ccccc1)c1ccccc1C)N(c1ccc(F)cc1)S(C)(=O)=O. The summed E-state index contributed by atoms with van der Waals surface area (Å²) < 4.78 is 39.8. The summed E-state index contributed by atoms with van der Waals surface area (Å²) in [6.07, 6.45) is 1.29. The molecule has 32 heavy (non-hydrogen) atoms. The first-order valence-corrected chi connectivity index (χ1v) is 12.2. The molecule has 0 heterocycles. The lowest BCUT2D eigenvalue weighted by Gasteiger charge is -2.32. The highest BCUT2D eigenvalue weighted by atomic mass is 32.2. The van der Waals surface area contributed by atoms with Gasteiger partial charge in [-0.25, -0.2) is 12.8 Å². The van der Waals surface area contributed by atoms with Gasteiger partial charge in [0, 0.05) is 0 Å². The molecule has 0 radical (unpaired) electrons. The topological polar surface area (TPSA) is 66.5 Å². The van der Waals surface area contributed by atoms with E-state index in [-0.39, 0.29) is 12.1 Å². The maximum Gasteiger partial charge on any atom is 0.244 e. The third-order valence-electron chi connectivity index (χ3n) is 5.33. The number of rotatable bonds is 8. The lowest BCUT2D eigenvalue weighted by molar-refractivity contribution is -0.122. The molecule has 7 heteroatoms. The number of sulfonamides is 1. The van der Waals surface area contributed by atoms with Gasteiger partial charge >= 0.3 is 0 Å². The Hall–Kier alpha value is -3.19. The Balaban J connectivity index is 2.01. The van der Waals surface area contributed by atoms with E-state index in [9.17, 15) is 17.6 Å². The molecule has 3 aromatic carbocycles. The molecule has 1 N–H and O–H groups in total. The third-order valence-corrected chi connectivity index (χ3v) is 6.51. The standard InChI is InChI=1S/C25H27FN2O3S/c1-4-23(28(32(3,30)31)21-16-14-20(26)15-17-21)25(29)27-24(19-11-6-5-7-12-19)22-13-9-8-10-18(22)2/h5-17,23-24H,4H2,1-3H3,(H,27,29)/t23-,24+/m0/s1. The van der Waals surface area contributed by atoms with Crippen LogP contribution in [-0.2, 0) is 14.8 Å². The van der Waals surface area contributed by atoms with Gasteiger partial charge in [0.1, 0.15) is 11.9 Å². The fourth-order valence-corrected chi connectivity index (χ4v) is 5.00. The van der Waals surface area contributed by atoms with Crippen molar-refractivity contribution in [2.45, 2.75) is 32.4 Å². The lowest BCUT2D eigenvalue weighted by atomic mass is 9.94. The van der Waals surface area contributed by atoms with Gasteiger partial charge in [-0.2, -0.15) is 0 Å². The van der Waals surface area contributed by atoms with Gasteiger partial charge in [0.2, 0.25) is 15.9 Å². The van der Waals surface area contributed by atoms with Crippen molar-refractivity contribution in [3.8, 4) is 0 Å². The molecule has 0 fully saturated rings. The molecule has 168 valence electrons. The Bertz CT molecular complexity index is 1170. The highest BCUT2D eigenvalue weighted by Gasteiger charge is 2.33. The normalized spacial score (nSPS) is 13.2. The number of anilines is 1. The zero-order valence-corrected chi connectivity index (χ0v) is 19.1. The van der Waals surface area contributed by atoms with Crippen LogP contribution in [0.15, 0.2) is 78.9 Å². The fraction of sp³-hybridized carbons (Fsp3) is 0.240. The molecule has 0 aliphatic rings. The first-order chi connectivity index (χ1) is 15.2. The molecule has 3 aromatic rings. The summed E-state index contributed by atoms with van der Waals surface area (Å²) in [5.74, 6) is -0.914. The number of halogens is 1. The monoisotopic (exact) mass is 454 g/mol. The maximum absolute atomic E-state index is 13.5. The van der Waals surface area contributed by atoms with Crippen molar-refractivity contribution in [3.05, 3.63) is 101 Å². The molecular formula is C25H27FN2O3S. The minimum Gasteiger partial charge on any atom is -0.343 e. The number of aryl methyl sites for hydroxylation is 1. The third kappa shape index (κ3) is 5.34. The number of nitrogens with zero attached hydrogens (tertiary/aromatic N) is 1. The van der Waals surface area contributed by atoms with E-state index in [0.717, 1.165) is 27.3 Å². The Morgan fingerprint density at radius 2 is 1.56 bits per heavy atom. The molecule has 0 aliphatic carbocycles. The predicted octanol–water partition coefficient (Wildman–Crippen LogP) is 4.58. The van der Waals surface area contributed by atoms with Crippen molar-refractivity contribution in [3.63, 3.8) is 0 Å². The highest BCUT2D eigenvalue weighted by Crippen LogP contribution is 2.27. The van der Waals surface area contributed by atoms with Gasteiger partial charge in [-0.3, -0.25) is 9.10 Å². The van der Waals surface area contributed by atoms with Crippen LogP contribution in [0.2, 0.25) is 0 Å². The molecule has 0 aromatic heterocycles. The van der Waals surface area contributed by atoms with Gasteiger partial charge in [-0.1, -0.05) is 61.5 Å². The Labute approximate surface area is 188 Å². The molecular weight excluding hydrogens is 427 g/mol. The number of hydrogen-bond acceptors (Lipinski definition) is 3. The molecule has 0 unspecified atom stereocenters. The van der Waals surface area contributed by atoms with Crippen LogP contribution < -0.4 is 9.62 Å². The second-order valence-corrected chi connectivity index (χ2v) is 9.53. The van der Waals surface area contributed by atoms with Gasteiger partial charge in [0.05, 0.1) is 18.0 Å². The van der Waals surface area contributed by atoms with Gasteiger partial charge in [0.15, 0.2) is 0 Å². The van der Waals surface area contributed by atoms with Crippen molar-refractivity contribution < 1.29 is 17.6 Å². The van der Waals surface area contributed by atoms with Crippen LogP contribution in [0.4, 0.5) is 10.1 Å². The summed E-state index contributed by atoms with van der Waals surface area (Å²) in [6.45, 7) is 3.72. The molecule has 0 saturated heterocycles. The number of carbonyl (C=O) groups is 1. The largest absolute Gasteiger partial charge is 0.343 e. The first kappa shape index (κ1) is 23.5. The average Bonchev–Trinajstić information content (AvgIpc) is 2.77. The van der Waals surface area contributed by atoms with Crippen molar-refractivity contribution >= 4 is 21.6 Å². The average molecular weight is 455 g/mol. The van der Waals surface area contributed by atoms with Crippen LogP contribution in [0.1, 0.15) is 36.1 Å². The number of hydrogen-bond donors (Lipinski definition) is 1. The van der Waals surface area contributed by atoms with Crippen molar-refractivity contribution in [2.24, 2.45) is 0 Å². The van der Waals surface area contributed by atoms with Crippen LogP contribution in [0, 0.1) is 12.7 Å². The van der Waals surface area contributed by atoms with Gasteiger partial charge in [-0.15, -0.1) is 0 Å². The van der Waals surface area contributed by atoms with E-state index < -0.39 is 33.8 Å². The molecule has 0 spiro atoms. The summed E-state index contributed by atoms with van der Waals surface area (Å²) >= 11 is 0. The van der Waals surface area contributed by atoms with Crippen LogP contribution in [0.25, 0.3) is 0 Å². The summed E-state index contributed by atoms with van der Waals surface area (Å²) in [7, 11) is -3.81. The van der Waals surface area contributed by atoms with E-state index in [0.29, 0.717) is 0 Å². The van der Waals surface area contributed by atoms with Crippen LogP contribution in [0.5, 0.6) is 0 Å². The van der Waals surface area contributed by atoms with E-state index in [1.165, 1.54) is 24.3 Å². The molecule has 0 bridgehead atoms. The van der Waals surface area contributed by atoms with E-state index in [1.54, 1.807) is 6.92 Å². The quantitative estimate of drug-likeness (QED) is 0.542. The van der Waals surface area contributed by atoms with Crippen LogP contribution >= 0.6 is 0 Å². The molecule has 0 aliphatic heterocycles. The molecule has 0 saturated carbocycles. The minimum atomic E-state index is -3.81. The van der Waals surface area contributed by atoms with E-state index in [1.807, 2.05) is 61.5 Å². The Kier molecular flexibility index (Phi) is 7.30. The number of amides is 1. The Morgan fingerprint density at radius 1 is 0.969 bits per heavy atom. The summed E-state index contributed by atoms with van der Waals surface area (Å²) in [5.41, 5.74) is 3.06. The lowest BCUT2D eigenvalue weighted by Crippen LogP contribution is -2.50. The van der Waals surface area contributed by atoms with Gasteiger partial charge in [0.25, 0.3) is 0 Å². The first-order valence-electron chi connectivity index (χ1n) is 10.4. The van der Waals surface area contributed by atoms with Crippen LogP contribution in [-0.4, -0.2) is 26.6 Å². The van der Waals surface area contributed by atoms with Crippen molar-refractivity contribution in [1.82, 2.24) is 5.32 Å².